The molecule has 1 aliphatic rings. The maximum Gasteiger partial charge on any atom is 0.271 e. The summed E-state index contributed by atoms with van der Waals surface area (Å²) >= 11 is 0. The number of aromatic nitrogens is 3. The predicted octanol–water partition coefficient (Wildman–Crippen LogP) is 1.78. The quantitative estimate of drug-likeness (QED) is 0.915. The summed E-state index contributed by atoms with van der Waals surface area (Å²) in [6.45, 7) is 6.84. The fraction of sp³-hybridized carbons (Fsp3) is 0.556. The Kier molecular flexibility index (Phi) is 4.74. The summed E-state index contributed by atoms with van der Waals surface area (Å²) in [7, 11) is 0. The molecular formula is C18H25N5O2. The Hall–Kier alpha value is -2.44. The molecule has 134 valence electrons. The molecule has 1 fully saturated rings. The lowest BCUT2D eigenvalue weighted by Crippen LogP contribution is -2.42. The molecule has 0 spiro atoms. The maximum absolute atomic E-state index is 12.6. The van der Waals surface area contributed by atoms with Crippen molar-refractivity contribution < 1.29 is 9.59 Å². The second-order valence-electron chi connectivity index (χ2n) is 6.84. The Labute approximate surface area is 147 Å². The van der Waals surface area contributed by atoms with Crippen LogP contribution in [0.2, 0.25) is 0 Å². The van der Waals surface area contributed by atoms with E-state index in [1.54, 1.807) is 10.7 Å². The third-order valence-corrected chi connectivity index (χ3v) is 5.20. The van der Waals surface area contributed by atoms with Gasteiger partial charge in [-0.05, 0) is 52.0 Å². The number of likely N-dealkylation sites (tertiary alicyclic amines) is 1. The highest BCUT2D eigenvalue weighted by atomic mass is 16.2. The van der Waals surface area contributed by atoms with Gasteiger partial charge in [-0.25, -0.2) is 9.97 Å². The molecule has 1 aliphatic heterocycles. The van der Waals surface area contributed by atoms with E-state index in [2.05, 4.69) is 16.9 Å². The van der Waals surface area contributed by atoms with Crippen LogP contribution in [0, 0.1) is 13.8 Å². The number of carbonyl (C=O) groups is 2. The van der Waals surface area contributed by atoms with Gasteiger partial charge in [0.1, 0.15) is 6.33 Å². The van der Waals surface area contributed by atoms with Gasteiger partial charge in [-0.1, -0.05) is 0 Å². The molecule has 1 saturated heterocycles. The van der Waals surface area contributed by atoms with Crippen molar-refractivity contribution in [2.75, 3.05) is 6.54 Å². The van der Waals surface area contributed by atoms with Gasteiger partial charge in [0.25, 0.3) is 5.91 Å². The summed E-state index contributed by atoms with van der Waals surface area (Å²) in [4.78, 5) is 34.6. The molecule has 0 aliphatic carbocycles. The van der Waals surface area contributed by atoms with Crippen LogP contribution >= 0.6 is 0 Å². The van der Waals surface area contributed by atoms with Crippen molar-refractivity contribution in [2.45, 2.75) is 58.9 Å². The number of carbonyl (C=O) groups excluding carboxylic acids is 2. The topological polar surface area (TPSA) is 93.6 Å². The Morgan fingerprint density at radius 1 is 1.32 bits per heavy atom. The molecule has 7 nitrogen and oxygen atoms in total. The molecule has 0 aromatic carbocycles. The summed E-state index contributed by atoms with van der Waals surface area (Å²) in [6.07, 6.45) is 6.04. The van der Waals surface area contributed by atoms with Crippen LogP contribution in [-0.2, 0) is 11.2 Å². The number of rotatable bonds is 4. The molecule has 2 aromatic heterocycles. The van der Waals surface area contributed by atoms with Crippen molar-refractivity contribution >= 4 is 17.5 Å². The first-order valence-corrected chi connectivity index (χ1v) is 8.82. The van der Waals surface area contributed by atoms with E-state index in [4.69, 9.17) is 5.73 Å². The van der Waals surface area contributed by atoms with Crippen LogP contribution in [0.25, 0.3) is 5.65 Å². The lowest BCUT2D eigenvalue weighted by atomic mass is 10.0. The number of nitrogens with zero attached hydrogens (tertiary/aromatic N) is 4. The molecule has 25 heavy (non-hydrogen) atoms. The lowest BCUT2D eigenvalue weighted by molar-refractivity contribution is -0.134. The Morgan fingerprint density at radius 2 is 2.08 bits per heavy atom. The highest BCUT2D eigenvalue weighted by Crippen LogP contribution is 2.21. The molecule has 0 bridgehead atoms. The molecule has 7 heteroatoms. The predicted molar refractivity (Wildman–Crippen MR) is 94.3 cm³/mol. The SMILES string of the molecule is Cc1nc2c(C(N)=O)ncn2c(C)c1CCC(=O)N1CCCC[C@H]1C. The standard InChI is InChI=1S/C18H25N5O2/c1-11-6-4-5-9-22(11)15(24)8-7-14-12(2)21-18-16(17(19)25)20-10-23(18)13(14)3/h10-11H,4-9H2,1-3H3,(H2,19,25)/t11-/m1/s1. The van der Waals surface area contributed by atoms with Gasteiger partial charge >= 0.3 is 0 Å². The van der Waals surface area contributed by atoms with Crippen molar-refractivity contribution in [2.24, 2.45) is 5.73 Å². The molecule has 2 N–H and O–H groups in total. The van der Waals surface area contributed by atoms with Gasteiger partial charge in [0.15, 0.2) is 11.3 Å². The van der Waals surface area contributed by atoms with Gasteiger partial charge in [-0.2, -0.15) is 0 Å². The fourth-order valence-corrected chi connectivity index (χ4v) is 3.71. The van der Waals surface area contributed by atoms with Crippen molar-refractivity contribution in [1.29, 1.82) is 0 Å². The van der Waals surface area contributed by atoms with Crippen molar-refractivity contribution in [1.82, 2.24) is 19.3 Å². The van der Waals surface area contributed by atoms with E-state index in [9.17, 15) is 9.59 Å². The molecule has 2 aromatic rings. The summed E-state index contributed by atoms with van der Waals surface area (Å²) < 4.78 is 1.77. The summed E-state index contributed by atoms with van der Waals surface area (Å²) in [5.41, 5.74) is 8.79. The first-order chi connectivity index (χ1) is 11.9. The number of primary amides is 1. The number of hydrogen-bond donors (Lipinski definition) is 1. The van der Waals surface area contributed by atoms with Gasteiger partial charge in [0.2, 0.25) is 5.91 Å². The molecule has 3 rings (SSSR count). The zero-order chi connectivity index (χ0) is 18.1. The van der Waals surface area contributed by atoms with Crippen LogP contribution < -0.4 is 5.73 Å². The Morgan fingerprint density at radius 3 is 2.76 bits per heavy atom. The summed E-state index contributed by atoms with van der Waals surface area (Å²) in [5, 5.41) is 0. The van der Waals surface area contributed by atoms with Crippen molar-refractivity contribution in [3.05, 3.63) is 29.0 Å². The Bertz CT molecular complexity index is 826. The Balaban J connectivity index is 1.82. The number of hydrogen-bond acceptors (Lipinski definition) is 4. The van der Waals surface area contributed by atoms with E-state index in [0.29, 0.717) is 24.5 Å². The minimum atomic E-state index is -0.587. The van der Waals surface area contributed by atoms with E-state index in [1.165, 1.54) is 6.42 Å². The van der Waals surface area contributed by atoms with E-state index >= 15 is 0 Å². The normalized spacial score (nSPS) is 17.9. The molecule has 3 heterocycles. The van der Waals surface area contributed by atoms with E-state index in [1.807, 2.05) is 18.7 Å². The first kappa shape index (κ1) is 17.4. The van der Waals surface area contributed by atoms with Gasteiger partial charge in [-0.15, -0.1) is 0 Å². The van der Waals surface area contributed by atoms with Crippen LogP contribution in [0.5, 0.6) is 0 Å². The number of fused-ring (bicyclic) bond motifs is 1. The van der Waals surface area contributed by atoms with Gasteiger partial charge < -0.3 is 10.6 Å². The number of imidazole rings is 1. The second-order valence-corrected chi connectivity index (χ2v) is 6.84. The smallest absolute Gasteiger partial charge is 0.271 e. The zero-order valence-electron chi connectivity index (χ0n) is 15.1. The number of amides is 2. The zero-order valence-corrected chi connectivity index (χ0v) is 15.1. The van der Waals surface area contributed by atoms with Crippen LogP contribution in [0.4, 0.5) is 0 Å². The van der Waals surface area contributed by atoms with E-state index in [-0.39, 0.29) is 11.6 Å². The highest BCUT2D eigenvalue weighted by molar-refractivity contribution is 5.96. The number of aryl methyl sites for hydroxylation is 2. The average molecular weight is 343 g/mol. The third kappa shape index (κ3) is 3.23. The van der Waals surface area contributed by atoms with Crippen LogP contribution in [0.3, 0.4) is 0 Å². The van der Waals surface area contributed by atoms with Gasteiger partial charge in [0, 0.05) is 30.4 Å². The molecule has 1 atom stereocenters. The van der Waals surface area contributed by atoms with Gasteiger partial charge in [-0.3, -0.25) is 14.0 Å². The van der Waals surface area contributed by atoms with E-state index < -0.39 is 5.91 Å². The molecular weight excluding hydrogens is 318 g/mol. The second kappa shape index (κ2) is 6.82. The first-order valence-electron chi connectivity index (χ1n) is 8.82. The number of piperidine rings is 1. The minimum Gasteiger partial charge on any atom is -0.364 e. The van der Waals surface area contributed by atoms with Crippen LogP contribution in [0.1, 0.15) is 60.0 Å². The summed E-state index contributed by atoms with van der Waals surface area (Å²) in [5.74, 6) is -0.384. The lowest BCUT2D eigenvalue weighted by Gasteiger charge is -2.33. The molecule has 0 unspecified atom stereocenters. The summed E-state index contributed by atoms with van der Waals surface area (Å²) in [6, 6.07) is 0.329. The molecule has 0 radical (unpaired) electrons. The van der Waals surface area contributed by atoms with E-state index in [0.717, 1.165) is 36.3 Å². The third-order valence-electron chi connectivity index (χ3n) is 5.20. The largest absolute Gasteiger partial charge is 0.364 e. The van der Waals surface area contributed by atoms with Gasteiger partial charge in [0.05, 0.1) is 0 Å². The number of nitrogens with two attached hydrogens (primary N) is 1. The minimum absolute atomic E-state index is 0.177. The molecule has 0 saturated carbocycles. The highest BCUT2D eigenvalue weighted by Gasteiger charge is 2.23. The molecule has 2 amide bonds. The average Bonchev–Trinajstić information content (AvgIpc) is 2.99. The maximum atomic E-state index is 12.6. The van der Waals surface area contributed by atoms with Crippen molar-refractivity contribution in [3.8, 4) is 0 Å². The van der Waals surface area contributed by atoms with Crippen LogP contribution in [0.15, 0.2) is 6.33 Å². The van der Waals surface area contributed by atoms with Crippen LogP contribution in [-0.4, -0.2) is 43.7 Å². The van der Waals surface area contributed by atoms with Crippen molar-refractivity contribution in [3.63, 3.8) is 0 Å². The monoisotopic (exact) mass is 343 g/mol. The fourth-order valence-electron chi connectivity index (χ4n) is 3.71.